The number of carbonyl (C=O) groups is 2. The lowest BCUT2D eigenvalue weighted by atomic mass is 10.2. The third kappa shape index (κ3) is 3.45. The van der Waals surface area contributed by atoms with Crippen molar-refractivity contribution < 1.29 is 19.1 Å². The SMILES string of the molecule is NC(=O)c1ccccc1OCC(=O)N1CCOCC1. The van der Waals surface area contributed by atoms with Gasteiger partial charge in [0.05, 0.1) is 18.8 Å². The molecule has 0 unspecified atom stereocenters. The van der Waals surface area contributed by atoms with Crippen LogP contribution >= 0.6 is 0 Å². The number of hydrogen-bond donors (Lipinski definition) is 1. The largest absolute Gasteiger partial charge is 0.483 e. The molecule has 1 saturated heterocycles. The smallest absolute Gasteiger partial charge is 0.260 e. The predicted molar refractivity (Wildman–Crippen MR) is 67.9 cm³/mol. The molecule has 0 spiro atoms. The molecule has 2 amide bonds. The van der Waals surface area contributed by atoms with Crippen LogP contribution in [0.2, 0.25) is 0 Å². The molecule has 6 nitrogen and oxygen atoms in total. The van der Waals surface area contributed by atoms with Gasteiger partial charge in [-0.05, 0) is 12.1 Å². The second-order valence-electron chi connectivity index (χ2n) is 4.14. The third-order valence-electron chi connectivity index (χ3n) is 2.87. The van der Waals surface area contributed by atoms with Crippen LogP contribution in [0.5, 0.6) is 5.75 Å². The molecular weight excluding hydrogens is 248 g/mol. The van der Waals surface area contributed by atoms with Gasteiger partial charge in [0.2, 0.25) is 0 Å². The molecule has 1 fully saturated rings. The van der Waals surface area contributed by atoms with Crippen LogP contribution in [-0.4, -0.2) is 49.6 Å². The molecule has 19 heavy (non-hydrogen) atoms. The Labute approximate surface area is 111 Å². The predicted octanol–water partition coefficient (Wildman–Crippen LogP) is 0.0231. The number of para-hydroxylation sites is 1. The zero-order valence-electron chi connectivity index (χ0n) is 10.5. The van der Waals surface area contributed by atoms with Crippen molar-refractivity contribution >= 4 is 11.8 Å². The van der Waals surface area contributed by atoms with Gasteiger partial charge < -0.3 is 20.1 Å². The zero-order chi connectivity index (χ0) is 13.7. The maximum Gasteiger partial charge on any atom is 0.260 e. The zero-order valence-corrected chi connectivity index (χ0v) is 10.5. The number of hydrogen-bond acceptors (Lipinski definition) is 4. The molecule has 2 rings (SSSR count). The highest BCUT2D eigenvalue weighted by molar-refractivity contribution is 5.95. The van der Waals surface area contributed by atoms with Crippen molar-refractivity contribution in [1.29, 1.82) is 0 Å². The Morgan fingerprint density at radius 2 is 1.95 bits per heavy atom. The van der Waals surface area contributed by atoms with Crippen molar-refractivity contribution in [2.24, 2.45) is 5.73 Å². The molecular formula is C13H16N2O4. The number of benzene rings is 1. The van der Waals surface area contributed by atoms with Crippen LogP contribution in [0.15, 0.2) is 24.3 Å². The quantitative estimate of drug-likeness (QED) is 0.831. The van der Waals surface area contributed by atoms with Crippen LogP contribution < -0.4 is 10.5 Å². The van der Waals surface area contributed by atoms with E-state index in [0.717, 1.165) is 0 Å². The standard InChI is InChI=1S/C13H16N2O4/c14-13(17)10-3-1-2-4-11(10)19-9-12(16)15-5-7-18-8-6-15/h1-4H,5-9H2,(H2,14,17). The normalized spacial score (nSPS) is 15.1. The summed E-state index contributed by atoms with van der Waals surface area (Å²) < 4.78 is 10.5. The lowest BCUT2D eigenvalue weighted by molar-refractivity contribution is -0.137. The fraction of sp³-hybridized carbons (Fsp3) is 0.385. The Morgan fingerprint density at radius 3 is 2.63 bits per heavy atom. The summed E-state index contributed by atoms with van der Waals surface area (Å²) in [6, 6.07) is 6.60. The second kappa shape index (κ2) is 6.19. The van der Waals surface area contributed by atoms with Crippen molar-refractivity contribution in [3.05, 3.63) is 29.8 Å². The van der Waals surface area contributed by atoms with Gasteiger partial charge in [-0.3, -0.25) is 9.59 Å². The van der Waals surface area contributed by atoms with Crippen LogP contribution in [-0.2, 0) is 9.53 Å². The molecule has 1 heterocycles. The summed E-state index contributed by atoms with van der Waals surface area (Å²) in [4.78, 5) is 24.8. The number of nitrogens with zero attached hydrogens (tertiary/aromatic N) is 1. The Balaban J connectivity index is 1.94. The molecule has 2 N–H and O–H groups in total. The summed E-state index contributed by atoms with van der Waals surface area (Å²) in [5, 5.41) is 0. The van der Waals surface area contributed by atoms with Gasteiger partial charge in [0.1, 0.15) is 5.75 Å². The van der Waals surface area contributed by atoms with E-state index < -0.39 is 5.91 Å². The molecule has 1 aliphatic rings. The first kappa shape index (κ1) is 13.4. The Hall–Kier alpha value is -2.08. The maximum atomic E-state index is 11.9. The van der Waals surface area contributed by atoms with E-state index in [9.17, 15) is 9.59 Å². The molecule has 1 aromatic carbocycles. The molecule has 0 saturated carbocycles. The van der Waals surface area contributed by atoms with Gasteiger partial charge in [-0.25, -0.2) is 0 Å². The number of amides is 2. The van der Waals surface area contributed by atoms with Gasteiger partial charge in [-0.1, -0.05) is 12.1 Å². The lowest BCUT2D eigenvalue weighted by Crippen LogP contribution is -2.43. The van der Waals surface area contributed by atoms with E-state index in [1.165, 1.54) is 0 Å². The maximum absolute atomic E-state index is 11.9. The Bertz CT molecular complexity index is 469. The molecule has 0 aliphatic carbocycles. The first-order valence-electron chi connectivity index (χ1n) is 6.05. The van der Waals surface area contributed by atoms with E-state index in [2.05, 4.69) is 0 Å². The summed E-state index contributed by atoms with van der Waals surface area (Å²) in [7, 11) is 0. The second-order valence-corrected chi connectivity index (χ2v) is 4.14. The fourth-order valence-electron chi connectivity index (χ4n) is 1.84. The summed E-state index contributed by atoms with van der Waals surface area (Å²) in [6.07, 6.45) is 0. The number of ether oxygens (including phenoxy) is 2. The molecule has 0 bridgehead atoms. The summed E-state index contributed by atoms with van der Waals surface area (Å²) in [5.41, 5.74) is 5.51. The topological polar surface area (TPSA) is 81.9 Å². The van der Waals surface area contributed by atoms with Crippen LogP contribution in [0.4, 0.5) is 0 Å². The number of primary amides is 1. The Morgan fingerprint density at radius 1 is 1.26 bits per heavy atom. The minimum absolute atomic E-state index is 0.107. The molecule has 0 radical (unpaired) electrons. The van der Waals surface area contributed by atoms with Gasteiger partial charge >= 0.3 is 0 Å². The van der Waals surface area contributed by atoms with Crippen molar-refractivity contribution in [2.75, 3.05) is 32.9 Å². The first-order chi connectivity index (χ1) is 9.18. The number of morpholine rings is 1. The Kier molecular flexibility index (Phi) is 4.35. The van der Waals surface area contributed by atoms with Gasteiger partial charge in [0.15, 0.2) is 6.61 Å². The minimum Gasteiger partial charge on any atom is -0.483 e. The van der Waals surface area contributed by atoms with Gasteiger partial charge in [-0.15, -0.1) is 0 Å². The highest BCUT2D eigenvalue weighted by Gasteiger charge is 2.18. The lowest BCUT2D eigenvalue weighted by Gasteiger charge is -2.26. The molecule has 1 aliphatic heterocycles. The summed E-state index contributed by atoms with van der Waals surface area (Å²) in [5.74, 6) is -0.367. The van der Waals surface area contributed by atoms with Crippen molar-refractivity contribution in [1.82, 2.24) is 4.90 Å². The van der Waals surface area contributed by atoms with E-state index >= 15 is 0 Å². The molecule has 0 atom stereocenters. The van der Waals surface area contributed by atoms with E-state index in [1.54, 1.807) is 29.2 Å². The van der Waals surface area contributed by atoms with Crippen LogP contribution in [0, 0.1) is 0 Å². The summed E-state index contributed by atoms with van der Waals surface area (Å²) >= 11 is 0. The monoisotopic (exact) mass is 264 g/mol. The molecule has 102 valence electrons. The van der Waals surface area contributed by atoms with Crippen LogP contribution in [0.3, 0.4) is 0 Å². The van der Waals surface area contributed by atoms with E-state index in [0.29, 0.717) is 32.1 Å². The molecule has 1 aromatic rings. The fourth-order valence-corrected chi connectivity index (χ4v) is 1.84. The van der Waals surface area contributed by atoms with E-state index in [1.807, 2.05) is 0 Å². The average Bonchev–Trinajstić information content (AvgIpc) is 2.46. The van der Waals surface area contributed by atoms with Gasteiger partial charge in [0, 0.05) is 13.1 Å². The number of nitrogens with two attached hydrogens (primary N) is 1. The van der Waals surface area contributed by atoms with Crippen molar-refractivity contribution in [3.8, 4) is 5.75 Å². The van der Waals surface area contributed by atoms with Crippen molar-refractivity contribution in [3.63, 3.8) is 0 Å². The molecule has 6 heteroatoms. The molecule has 0 aromatic heterocycles. The highest BCUT2D eigenvalue weighted by atomic mass is 16.5. The summed E-state index contributed by atoms with van der Waals surface area (Å²) in [6.45, 7) is 2.12. The van der Waals surface area contributed by atoms with E-state index in [-0.39, 0.29) is 18.1 Å². The average molecular weight is 264 g/mol. The highest BCUT2D eigenvalue weighted by Crippen LogP contribution is 2.17. The van der Waals surface area contributed by atoms with Crippen LogP contribution in [0.1, 0.15) is 10.4 Å². The number of carbonyl (C=O) groups excluding carboxylic acids is 2. The van der Waals surface area contributed by atoms with Crippen molar-refractivity contribution in [2.45, 2.75) is 0 Å². The van der Waals surface area contributed by atoms with Gasteiger partial charge in [0.25, 0.3) is 11.8 Å². The van der Waals surface area contributed by atoms with Crippen LogP contribution in [0.25, 0.3) is 0 Å². The van der Waals surface area contributed by atoms with Gasteiger partial charge in [-0.2, -0.15) is 0 Å². The van der Waals surface area contributed by atoms with E-state index in [4.69, 9.17) is 15.2 Å². The minimum atomic E-state index is -0.575. The third-order valence-corrected chi connectivity index (χ3v) is 2.87. The first-order valence-corrected chi connectivity index (χ1v) is 6.05. The number of rotatable bonds is 4.